The van der Waals surface area contributed by atoms with Gasteiger partial charge in [0.05, 0.1) is 4.47 Å². The third-order valence-corrected chi connectivity index (χ3v) is 2.78. The highest BCUT2D eigenvalue weighted by Crippen LogP contribution is 2.23. The van der Waals surface area contributed by atoms with Crippen LogP contribution in [0.3, 0.4) is 0 Å². The van der Waals surface area contributed by atoms with E-state index in [1.165, 1.54) is 10.7 Å². The van der Waals surface area contributed by atoms with Crippen LogP contribution in [-0.4, -0.2) is 9.78 Å². The van der Waals surface area contributed by atoms with Gasteiger partial charge in [-0.2, -0.15) is 5.10 Å². The summed E-state index contributed by atoms with van der Waals surface area (Å²) in [5.74, 6) is -1.03. The molecule has 1 aromatic heterocycles. The van der Waals surface area contributed by atoms with Gasteiger partial charge in [0, 0.05) is 17.8 Å². The molecule has 1 heterocycles. The monoisotopic (exact) mass is 287 g/mol. The lowest BCUT2D eigenvalue weighted by molar-refractivity contribution is 0.570. The molecular weight excluding hydrogens is 280 g/mol. The molecule has 0 saturated carbocycles. The highest BCUT2D eigenvalue weighted by molar-refractivity contribution is 9.10. The van der Waals surface area contributed by atoms with E-state index in [1.54, 1.807) is 13.1 Å². The van der Waals surface area contributed by atoms with Crippen LogP contribution in [-0.2, 0) is 0 Å². The van der Waals surface area contributed by atoms with Crippen molar-refractivity contribution in [3.63, 3.8) is 0 Å². The Bertz CT molecular complexity index is 532. The number of aromatic nitrogens is 2. The predicted molar refractivity (Wildman–Crippen MR) is 60.3 cm³/mol. The van der Waals surface area contributed by atoms with E-state index < -0.39 is 11.6 Å². The molecule has 2 rings (SSSR count). The largest absolute Gasteiger partial charge is 0.382 e. The van der Waals surface area contributed by atoms with Crippen molar-refractivity contribution < 1.29 is 8.78 Å². The average molecular weight is 288 g/mol. The highest BCUT2D eigenvalue weighted by Gasteiger charge is 2.11. The lowest BCUT2D eigenvalue weighted by Gasteiger charge is -2.04. The molecule has 84 valence electrons. The number of nitrogen functional groups attached to an aromatic ring is 1. The molecule has 6 heteroatoms. The summed E-state index contributed by atoms with van der Waals surface area (Å²) in [6.07, 6.45) is 1.58. The fraction of sp³-hybridized carbons (Fsp3) is 0.100. The minimum Gasteiger partial charge on any atom is -0.382 e. The van der Waals surface area contributed by atoms with Gasteiger partial charge >= 0.3 is 0 Å². The Morgan fingerprint density at radius 3 is 2.56 bits per heavy atom. The van der Waals surface area contributed by atoms with E-state index in [1.807, 2.05) is 0 Å². The smallest absolute Gasteiger partial charge is 0.151 e. The number of aryl methyl sites for hydroxylation is 1. The Balaban J connectivity index is 2.60. The number of hydrogen-bond donors (Lipinski definition) is 1. The zero-order valence-corrected chi connectivity index (χ0v) is 9.92. The van der Waals surface area contributed by atoms with Crippen LogP contribution in [0.15, 0.2) is 22.8 Å². The summed E-state index contributed by atoms with van der Waals surface area (Å²) < 4.78 is 28.0. The Hall–Kier alpha value is -1.43. The average Bonchev–Trinajstić information content (AvgIpc) is 2.53. The van der Waals surface area contributed by atoms with Crippen molar-refractivity contribution in [1.82, 2.24) is 9.78 Å². The second-order valence-corrected chi connectivity index (χ2v) is 4.21. The fourth-order valence-electron chi connectivity index (χ4n) is 1.28. The van der Waals surface area contributed by atoms with Crippen molar-refractivity contribution in [2.75, 3.05) is 5.73 Å². The molecule has 0 aliphatic carbocycles. The van der Waals surface area contributed by atoms with E-state index in [4.69, 9.17) is 5.73 Å². The minimum absolute atomic E-state index is 0.146. The van der Waals surface area contributed by atoms with Crippen LogP contribution in [0.2, 0.25) is 0 Å². The summed E-state index contributed by atoms with van der Waals surface area (Å²) in [7, 11) is 0. The SMILES string of the molecule is Cc1cn(-c2cc(Br)c(F)cc2F)nc1N. The number of nitrogens with zero attached hydrogens (tertiary/aromatic N) is 2. The highest BCUT2D eigenvalue weighted by atomic mass is 79.9. The van der Waals surface area contributed by atoms with E-state index in [-0.39, 0.29) is 10.2 Å². The standard InChI is InChI=1S/C10H8BrF2N3/c1-5-4-16(15-10(5)14)9-2-6(11)7(12)3-8(9)13/h2-4H,1H3,(H2,14,15). The number of benzene rings is 1. The molecule has 0 aliphatic heterocycles. The molecule has 16 heavy (non-hydrogen) atoms. The zero-order valence-electron chi connectivity index (χ0n) is 8.34. The fourth-order valence-corrected chi connectivity index (χ4v) is 1.62. The number of halogens is 3. The summed E-state index contributed by atoms with van der Waals surface area (Å²) in [4.78, 5) is 0. The minimum atomic E-state index is -0.691. The van der Waals surface area contributed by atoms with Crippen molar-refractivity contribution in [3.05, 3.63) is 40.0 Å². The second-order valence-electron chi connectivity index (χ2n) is 3.36. The van der Waals surface area contributed by atoms with Crippen molar-refractivity contribution >= 4 is 21.7 Å². The van der Waals surface area contributed by atoms with Gasteiger partial charge in [-0.15, -0.1) is 0 Å². The molecule has 0 unspecified atom stereocenters. The Morgan fingerprint density at radius 1 is 1.31 bits per heavy atom. The van der Waals surface area contributed by atoms with Gasteiger partial charge in [-0.25, -0.2) is 13.5 Å². The van der Waals surface area contributed by atoms with Gasteiger partial charge in [-0.05, 0) is 28.9 Å². The molecule has 0 radical (unpaired) electrons. The Labute approximate surface area is 99.0 Å². The van der Waals surface area contributed by atoms with Crippen molar-refractivity contribution in [1.29, 1.82) is 0 Å². The van der Waals surface area contributed by atoms with Gasteiger partial charge in [0.25, 0.3) is 0 Å². The first kappa shape index (κ1) is 11.1. The summed E-state index contributed by atoms with van der Waals surface area (Å²) in [6.45, 7) is 1.76. The van der Waals surface area contributed by atoms with Gasteiger partial charge in [0.15, 0.2) is 5.82 Å². The maximum atomic E-state index is 13.5. The molecule has 3 nitrogen and oxygen atoms in total. The zero-order chi connectivity index (χ0) is 11.9. The van der Waals surface area contributed by atoms with Crippen LogP contribution in [0.1, 0.15) is 5.56 Å². The first-order valence-corrected chi connectivity index (χ1v) is 5.25. The molecule has 0 aliphatic rings. The molecular formula is C10H8BrF2N3. The van der Waals surface area contributed by atoms with Crippen LogP contribution >= 0.6 is 15.9 Å². The molecule has 0 spiro atoms. The van der Waals surface area contributed by atoms with E-state index in [9.17, 15) is 8.78 Å². The van der Waals surface area contributed by atoms with Crippen LogP contribution in [0, 0.1) is 18.6 Å². The summed E-state index contributed by atoms with van der Waals surface area (Å²) >= 11 is 2.99. The van der Waals surface area contributed by atoms with Crippen LogP contribution in [0.25, 0.3) is 5.69 Å². The van der Waals surface area contributed by atoms with Gasteiger partial charge in [0.1, 0.15) is 17.3 Å². The van der Waals surface area contributed by atoms with Crippen LogP contribution in [0.4, 0.5) is 14.6 Å². The van der Waals surface area contributed by atoms with E-state index in [0.29, 0.717) is 5.82 Å². The molecule has 1 aromatic carbocycles. The maximum absolute atomic E-state index is 13.5. The Kier molecular flexibility index (Phi) is 2.67. The molecule has 0 amide bonds. The Morgan fingerprint density at radius 2 is 2.00 bits per heavy atom. The van der Waals surface area contributed by atoms with E-state index >= 15 is 0 Å². The summed E-state index contributed by atoms with van der Waals surface area (Å²) in [5, 5.41) is 3.92. The van der Waals surface area contributed by atoms with Crippen LogP contribution < -0.4 is 5.73 Å². The first-order chi connectivity index (χ1) is 7.49. The molecule has 0 fully saturated rings. The quantitative estimate of drug-likeness (QED) is 0.820. The van der Waals surface area contributed by atoms with Crippen LogP contribution in [0.5, 0.6) is 0 Å². The third kappa shape index (κ3) is 1.80. The number of hydrogen-bond acceptors (Lipinski definition) is 2. The third-order valence-electron chi connectivity index (χ3n) is 2.17. The van der Waals surface area contributed by atoms with Gasteiger partial charge in [-0.1, -0.05) is 0 Å². The van der Waals surface area contributed by atoms with Crippen molar-refractivity contribution in [2.45, 2.75) is 6.92 Å². The van der Waals surface area contributed by atoms with E-state index in [0.717, 1.165) is 11.6 Å². The first-order valence-electron chi connectivity index (χ1n) is 4.45. The second kappa shape index (κ2) is 3.86. The summed E-state index contributed by atoms with van der Waals surface area (Å²) in [5.41, 5.74) is 6.44. The number of rotatable bonds is 1. The lowest BCUT2D eigenvalue weighted by atomic mass is 10.3. The van der Waals surface area contributed by atoms with Gasteiger partial charge in [0.2, 0.25) is 0 Å². The van der Waals surface area contributed by atoms with Gasteiger partial charge in [-0.3, -0.25) is 0 Å². The molecule has 0 saturated heterocycles. The molecule has 2 N–H and O–H groups in total. The predicted octanol–water partition coefficient (Wildman–Crippen LogP) is 2.80. The topological polar surface area (TPSA) is 43.8 Å². The number of nitrogens with two attached hydrogens (primary N) is 1. The van der Waals surface area contributed by atoms with Crippen molar-refractivity contribution in [2.24, 2.45) is 0 Å². The number of anilines is 1. The summed E-state index contributed by atoms with van der Waals surface area (Å²) in [6, 6.07) is 2.11. The molecule has 0 bridgehead atoms. The molecule has 0 atom stereocenters. The normalized spacial score (nSPS) is 10.8. The lowest BCUT2D eigenvalue weighted by Crippen LogP contribution is -2.00. The van der Waals surface area contributed by atoms with Gasteiger partial charge < -0.3 is 5.73 Å². The van der Waals surface area contributed by atoms with Crippen molar-refractivity contribution in [3.8, 4) is 5.69 Å². The van der Waals surface area contributed by atoms with E-state index in [2.05, 4.69) is 21.0 Å². The maximum Gasteiger partial charge on any atom is 0.151 e. The molecule has 2 aromatic rings.